The number of carbonyl (C=O) groups is 1. The van der Waals surface area contributed by atoms with Crippen molar-refractivity contribution in [3.63, 3.8) is 0 Å². The van der Waals surface area contributed by atoms with Gasteiger partial charge in [0.05, 0.1) is 12.0 Å². The van der Waals surface area contributed by atoms with Gasteiger partial charge in [-0.25, -0.2) is 0 Å². The number of imidazole rings is 1. The van der Waals surface area contributed by atoms with Crippen molar-refractivity contribution in [3.05, 3.63) is 22.6 Å². The SMILES string of the molecule is CC(C)(CC(=O)O)n1cnc([N+](=O)[O-])c1. The second kappa shape index (κ2) is 3.68. The molecule has 1 aromatic rings. The molecule has 0 bridgehead atoms. The van der Waals surface area contributed by atoms with Crippen LogP contribution in [0.2, 0.25) is 0 Å². The highest BCUT2D eigenvalue weighted by Crippen LogP contribution is 2.21. The molecule has 0 aliphatic carbocycles. The fourth-order valence-corrected chi connectivity index (χ4v) is 1.20. The minimum Gasteiger partial charge on any atom is -0.481 e. The van der Waals surface area contributed by atoms with Crippen molar-refractivity contribution in [2.24, 2.45) is 0 Å². The first-order chi connectivity index (χ1) is 6.83. The van der Waals surface area contributed by atoms with Crippen molar-refractivity contribution in [2.75, 3.05) is 0 Å². The van der Waals surface area contributed by atoms with E-state index in [9.17, 15) is 14.9 Å². The van der Waals surface area contributed by atoms with Crippen LogP contribution in [0.15, 0.2) is 12.5 Å². The predicted molar refractivity (Wildman–Crippen MR) is 50.5 cm³/mol. The summed E-state index contributed by atoms with van der Waals surface area (Å²) in [6, 6.07) is 0. The number of nitrogens with zero attached hydrogens (tertiary/aromatic N) is 3. The summed E-state index contributed by atoms with van der Waals surface area (Å²) in [5, 5.41) is 19.0. The van der Waals surface area contributed by atoms with Crippen molar-refractivity contribution in [1.82, 2.24) is 9.55 Å². The quantitative estimate of drug-likeness (QED) is 0.594. The van der Waals surface area contributed by atoms with Crippen molar-refractivity contribution in [3.8, 4) is 0 Å². The van der Waals surface area contributed by atoms with Crippen LogP contribution in [0.1, 0.15) is 20.3 Å². The van der Waals surface area contributed by atoms with E-state index in [0.29, 0.717) is 0 Å². The Morgan fingerprint density at radius 2 is 2.33 bits per heavy atom. The number of nitro groups is 1. The Morgan fingerprint density at radius 1 is 1.73 bits per heavy atom. The Hall–Kier alpha value is -1.92. The maximum Gasteiger partial charge on any atom is 0.381 e. The number of hydrogen-bond donors (Lipinski definition) is 1. The minimum atomic E-state index is -0.962. The van der Waals surface area contributed by atoms with Crippen molar-refractivity contribution < 1.29 is 14.8 Å². The first kappa shape index (κ1) is 11.2. The second-order valence-electron chi connectivity index (χ2n) is 3.78. The zero-order valence-corrected chi connectivity index (χ0v) is 8.38. The van der Waals surface area contributed by atoms with Crippen LogP contribution in [0.3, 0.4) is 0 Å². The number of aliphatic carboxylic acids is 1. The Bertz CT molecular complexity index is 396. The van der Waals surface area contributed by atoms with Crippen LogP contribution in [0.4, 0.5) is 5.82 Å². The normalized spacial score (nSPS) is 11.3. The number of hydrogen-bond acceptors (Lipinski definition) is 4. The lowest BCUT2D eigenvalue weighted by molar-refractivity contribution is -0.389. The van der Waals surface area contributed by atoms with Crippen LogP contribution in [-0.4, -0.2) is 25.6 Å². The molecule has 0 saturated carbocycles. The van der Waals surface area contributed by atoms with Gasteiger partial charge in [0.15, 0.2) is 0 Å². The molecule has 0 radical (unpaired) electrons. The predicted octanol–water partition coefficient (Wildman–Crippen LogP) is 1.00. The van der Waals surface area contributed by atoms with Gasteiger partial charge in [0.25, 0.3) is 0 Å². The first-order valence-electron chi connectivity index (χ1n) is 4.23. The van der Waals surface area contributed by atoms with E-state index in [-0.39, 0.29) is 12.2 Å². The van der Waals surface area contributed by atoms with E-state index in [4.69, 9.17) is 5.11 Å². The van der Waals surface area contributed by atoms with Gasteiger partial charge in [0, 0.05) is 0 Å². The molecule has 0 aromatic carbocycles. The highest BCUT2D eigenvalue weighted by Gasteiger charge is 2.26. The van der Waals surface area contributed by atoms with Crippen molar-refractivity contribution >= 4 is 11.8 Å². The molecule has 0 aliphatic heterocycles. The standard InChI is InChI=1S/C8H11N3O4/c1-8(2,3-7(12)13)10-4-6(9-5-10)11(14)15/h4-5H,3H2,1-2H3,(H,12,13). The van der Waals surface area contributed by atoms with Crippen LogP contribution in [0.25, 0.3) is 0 Å². The summed E-state index contributed by atoms with van der Waals surface area (Å²) in [5.41, 5.74) is -0.729. The van der Waals surface area contributed by atoms with Gasteiger partial charge in [-0.15, -0.1) is 0 Å². The van der Waals surface area contributed by atoms with Crippen molar-refractivity contribution in [1.29, 1.82) is 0 Å². The number of carboxylic acid groups (broad SMARTS) is 1. The fourth-order valence-electron chi connectivity index (χ4n) is 1.20. The summed E-state index contributed by atoms with van der Waals surface area (Å²) in [6.07, 6.45) is 2.37. The molecular weight excluding hydrogens is 202 g/mol. The average Bonchev–Trinajstić information content (AvgIpc) is 2.48. The topological polar surface area (TPSA) is 98.3 Å². The van der Waals surface area contributed by atoms with E-state index in [0.717, 1.165) is 0 Å². The highest BCUT2D eigenvalue weighted by atomic mass is 16.6. The smallest absolute Gasteiger partial charge is 0.381 e. The zero-order valence-electron chi connectivity index (χ0n) is 8.38. The van der Waals surface area contributed by atoms with Gasteiger partial charge in [0.2, 0.25) is 6.33 Å². The van der Waals surface area contributed by atoms with Crippen LogP contribution in [0.5, 0.6) is 0 Å². The molecule has 1 heterocycles. The average molecular weight is 213 g/mol. The summed E-state index contributed by atoms with van der Waals surface area (Å²) in [4.78, 5) is 23.9. The highest BCUT2D eigenvalue weighted by molar-refractivity contribution is 5.67. The van der Waals surface area contributed by atoms with Gasteiger partial charge in [-0.2, -0.15) is 0 Å². The summed E-state index contributed by atoms with van der Waals surface area (Å²) in [6.45, 7) is 3.35. The molecule has 1 aromatic heterocycles. The molecular formula is C8H11N3O4. The van der Waals surface area contributed by atoms with Gasteiger partial charge >= 0.3 is 11.8 Å². The van der Waals surface area contributed by atoms with E-state index in [1.165, 1.54) is 17.1 Å². The molecule has 1 rings (SSSR count). The lowest BCUT2D eigenvalue weighted by Crippen LogP contribution is -2.28. The summed E-state index contributed by atoms with van der Waals surface area (Å²) >= 11 is 0. The minimum absolute atomic E-state index is 0.124. The van der Waals surface area contributed by atoms with Gasteiger partial charge in [-0.3, -0.25) is 4.79 Å². The third-order valence-corrected chi connectivity index (χ3v) is 2.04. The van der Waals surface area contributed by atoms with Gasteiger partial charge in [-0.05, 0) is 23.8 Å². The van der Waals surface area contributed by atoms with Crippen LogP contribution >= 0.6 is 0 Å². The van der Waals surface area contributed by atoms with Crippen LogP contribution in [0, 0.1) is 10.1 Å². The molecule has 1 N–H and O–H groups in total. The van der Waals surface area contributed by atoms with E-state index in [1.54, 1.807) is 13.8 Å². The number of carboxylic acids is 1. The van der Waals surface area contributed by atoms with Crippen LogP contribution in [-0.2, 0) is 10.3 Å². The Balaban J connectivity index is 2.94. The largest absolute Gasteiger partial charge is 0.481 e. The molecule has 82 valence electrons. The molecule has 15 heavy (non-hydrogen) atoms. The third kappa shape index (κ3) is 2.52. The molecule has 0 amide bonds. The van der Waals surface area contributed by atoms with E-state index >= 15 is 0 Å². The van der Waals surface area contributed by atoms with Crippen LogP contribution < -0.4 is 0 Å². The molecule has 0 atom stereocenters. The lowest BCUT2D eigenvalue weighted by atomic mass is 10.0. The number of rotatable bonds is 4. The molecule has 0 spiro atoms. The van der Waals surface area contributed by atoms with Crippen molar-refractivity contribution in [2.45, 2.75) is 25.8 Å². The third-order valence-electron chi connectivity index (χ3n) is 2.04. The van der Waals surface area contributed by atoms with Gasteiger partial charge in [0.1, 0.15) is 6.20 Å². The maximum absolute atomic E-state index is 10.6. The Kier molecular flexibility index (Phi) is 2.74. The van der Waals surface area contributed by atoms with Gasteiger partial charge < -0.3 is 19.8 Å². The summed E-state index contributed by atoms with van der Waals surface area (Å²) < 4.78 is 1.43. The Morgan fingerprint density at radius 3 is 2.73 bits per heavy atom. The Labute approximate surface area is 85.5 Å². The van der Waals surface area contributed by atoms with E-state index < -0.39 is 16.4 Å². The molecule has 0 unspecified atom stereocenters. The molecule has 7 nitrogen and oxygen atoms in total. The second-order valence-corrected chi connectivity index (χ2v) is 3.78. The molecule has 0 aliphatic rings. The number of aromatic nitrogens is 2. The summed E-state index contributed by atoms with van der Waals surface area (Å²) in [7, 11) is 0. The molecule has 7 heteroatoms. The molecule has 0 fully saturated rings. The summed E-state index contributed by atoms with van der Waals surface area (Å²) in [5.74, 6) is -1.25. The zero-order chi connectivity index (χ0) is 11.6. The van der Waals surface area contributed by atoms with E-state index in [1.807, 2.05) is 0 Å². The monoisotopic (exact) mass is 213 g/mol. The lowest BCUT2D eigenvalue weighted by Gasteiger charge is -2.22. The molecule has 0 saturated heterocycles. The first-order valence-corrected chi connectivity index (χ1v) is 4.23. The van der Waals surface area contributed by atoms with E-state index in [2.05, 4.69) is 4.98 Å². The maximum atomic E-state index is 10.6. The van der Waals surface area contributed by atoms with Gasteiger partial charge in [-0.1, -0.05) is 0 Å². The fraction of sp³-hybridized carbons (Fsp3) is 0.500.